The second-order valence-electron chi connectivity index (χ2n) is 5.39. The van der Waals surface area contributed by atoms with E-state index in [2.05, 4.69) is 5.32 Å². The van der Waals surface area contributed by atoms with Crippen LogP contribution in [0, 0.1) is 12.3 Å². The summed E-state index contributed by atoms with van der Waals surface area (Å²) >= 11 is 23.8. The Morgan fingerprint density at radius 2 is 1.91 bits per heavy atom. The predicted octanol–water partition coefficient (Wildman–Crippen LogP) is 4.37. The highest BCUT2D eigenvalue weighted by Crippen LogP contribution is 2.64. The standard InChI is InChI=1S/C14H13Cl4NO3/c1-7-3-4-8(15)11(10(7)16)19-9(20)5-22-12(21)13(2)6-14(13,17)18/h3-4H,5-6H2,1-2H3,(H,19,20)/t13-/m0/s1. The summed E-state index contributed by atoms with van der Waals surface area (Å²) in [6.45, 7) is 2.89. The molecular weight excluding hydrogens is 372 g/mol. The Hall–Kier alpha value is -0.680. The first-order valence-corrected chi connectivity index (χ1v) is 7.89. The summed E-state index contributed by atoms with van der Waals surface area (Å²) in [7, 11) is 0. The molecule has 1 saturated carbocycles. The number of carbonyl (C=O) groups is 2. The van der Waals surface area contributed by atoms with Gasteiger partial charge in [0.15, 0.2) is 6.61 Å². The molecule has 0 bridgehead atoms. The molecule has 1 aromatic carbocycles. The second kappa shape index (κ2) is 6.08. The van der Waals surface area contributed by atoms with Gasteiger partial charge in [-0.25, -0.2) is 0 Å². The predicted molar refractivity (Wildman–Crippen MR) is 87.9 cm³/mol. The fourth-order valence-corrected chi connectivity index (χ4v) is 3.01. The first-order chi connectivity index (χ1) is 10.1. The number of anilines is 1. The van der Waals surface area contributed by atoms with Crippen molar-refractivity contribution in [1.82, 2.24) is 0 Å². The molecule has 0 saturated heterocycles. The minimum Gasteiger partial charge on any atom is -0.455 e. The number of ether oxygens (including phenoxy) is 1. The van der Waals surface area contributed by atoms with Crippen molar-refractivity contribution in [2.45, 2.75) is 24.6 Å². The Kier molecular flexibility index (Phi) is 4.88. The number of hydrogen-bond donors (Lipinski definition) is 1. The van der Waals surface area contributed by atoms with Gasteiger partial charge in [-0.05, 0) is 25.5 Å². The van der Waals surface area contributed by atoms with Crippen LogP contribution < -0.4 is 5.32 Å². The highest BCUT2D eigenvalue weighted by molar-refractivity contribution is 6.53. The fraction of sp³-hybridized carbons (Fsp3) is 0.429. The van der Waals surface area contributed by atoms with Gasteiger partial charge in [0.05, 0.1) is 15.7 Å². The first kappa shape index (κ1) is 17.7. The third kappa shape index (κ3) is 3.30. The average Bonchev–Trinajstić information content (AvgIpc) is 2.96. The molecule has 8 heteroatoms. The topological polar surface area (TPSA) is 55.4 Å². The zero-order valence-electron chi connectivity index (χ0n) is 11.8. The van der Waals surface area contributed by atoms with Crippen molar-refractivity contribution >= 4 is 64.0 Å². The van der Waals surface area contributed by atoms with Crippen molar-refractivity contribution in [2.24, 2.45) is 5.41 Å². The summed E-state index contributed by atoms with van der Waals surface area (Å²) < 4.78 is 3.81. The van der Waals surface area contributed by atoms with Crippen LogP contribution in [0.25, 0.3) is 0 Å². The number of halogens is 4. The Morgan fingerprint density at radius 1 is 1.32 bits per heavy atom. The van der Waals surface area contributed by atoms with E-state index < -0.39 is 28.2 Å². The Labute approximate surface area is 148 Å². The fourth-order valence-electron chi connectivity index (χ4n) is 1.86. The molecule has 4 nitrogen and oxygen atoms in total. The molecule has 2 rings (SSSR count). The molecule has 1 atom stereocenters. The van der Waals surface area contributed by atoms with Crippen molar-refractivity contribution in [3.05, 3.63) is 27.7 Å². The van der Waals surface area contributed by atoms with Crippen molar-refractivity contribution in [2.75, 3.05) is 11.9 Å². The highest BCUT2D eigenvalue weighted by Gasteiger charge is 2.69. The number of amides is 1. The Balaban J connectivity index is 1.95. The molecule has 1 fully saturated rings. The monoisotopic (exact) mass is 383 g/mol. The lowest BCUT2D eigenvalue weighted by Gasteiger charge is -2.13. The largest absolute Gasteiger partial charge is 0.455 e. The van der Waals surface area contributed by atoms with Gasteiger partial charge in [0.25, 0.3) is 5.91 Å². The molecule has 0 radical (unpaired) electrons. The minimum atomic E-state index is -1.14. The maximum atomic E-state index is 11.9. The highest BCUT2D eigenvalue weighted by atomic mass is 35.5. The molecule has 22 heavy (non-hydrogen) atoms. The van der Waals surface area contributed by atoms with Crippen molar-refractivity contribution < 1.29 is 14.3 Å². The molecule has 0 aliphatic heterocycles. The number of nitrogens with one attached hydrogen (secondary N) is 1. The number of alkyl halides is 2. The van der Waals surface area contributed by atoms with Crippen LogP contribution in [-0.2, 0) is 14.3 Å². The number of aryl methyl sites for hydroxylation is 1. The van der Waals surface area contributed by atoms with Crippen LogP contribution >= 0.6 is 46.4 Å². The number of carbonyl (C=O) groups excluding carboxylic acids is 2. The van der Waals surface area contributed by atoms with Crippen LogP contribution in [-0.4, -0.2) is 22.8 Å². The number of hydrogen-bond acceptors (Lipinski definition) is 3. The van der Waals surface area contributed by atoms with Gasteiger partial charge in [-0.2, -0.15) is 0 Å². The van der Waals surface area contributed by atoms with Gasteiger partial charge < -0.3 is 10.1 Å². The molecule has 0 heterocycles. The van der Waals surface area contributed by atoms with Gasteiger partial charge in [0.1, 0.15) is 9.75 Å². The summed E-state index contributed by atoms with van der Waals surface area (Å²) in [5.41, 5.74) is 0.0682. The zero-order chi connectivity index (χ0) is 16.7. The van der Waals surface area contributed by atoms with Gasteiger partial charge in [0.2, 0.25) is 0 Å². The van der Waals surface area contributed by atoms with Crippen molar-refractivity contribution in [3.8, 4) is 0 Å². The van der Waals surface area contributed by atoms with Crippen molar-refractivity contribution in [3.63, 3.8) is 0 Å². The van der Waals surface area contributed by atoms with E-state index >= 15 is 0 Å². The lowest BCUT2D eigenvalue weighted by atomic mass is 10.1. The van der Waals surface area contributed by atoms with Crippen LogP contribution in [0.5, 0.6) is 0 Å². The van der Waals surface area contributed by atoms with Gasteiger partial charge in [0, 0.05) is 6.42 Å². The van der Waals surface area contributed by atoms with E-state index in [4.69, 9.17) is 51.1 Å². The zero-order valence-corrected chi connectivity index (χ0v) is 14.8. The Morgan fingerprint density at radius 3 is 2.45 bits per heavy atom. The average molecular weight is 385 g/mol. The van der Waals surface area contributed by atoms with Crippen LogP contribution in [0.15, 0.2) is 12.1 Å². The van der Waals surface area contributed by atoms with Crippen LogP contribution in [0.4, 0.5) is 5.69 Å². The molecular formula is C14H13Cl4NO3. The van der Waals surface area contributed by atoms with Gasteiger partial charge in [-0.15, -0.1) is 23.2 Å². The maximum Gasteiger partial charge on any atom is 0.315 e. The molecule has 0 unspecified atom stereocenters. The van der Waals surface area contributed by atoms with E-state index in [1.165, 1.54) is 0 Å². The molecule has 0 spiro atoms. The third-order valence-electron chi connectivity index (χ3n) is 3.59. The van der Waals surface area contributed by atoms with E-state index in [1.54, 1.807) is 26.0 Å². The van der Waals surface area contributed by atoms with E-state index in [0.29, 0.717) is 16.5 Å². The smallest absolute Gasteiger partial charge is 0.315 e. The summed E-state index contributed by atoms with van der Waals surface area (Å²) in [4.78, 5) is 23.7. The van der Waals surface area contributed by atoms with Gasteiger partial charge in [-0.3, -0.25) is 9.59 Å². The maximum absolute atomic E-state index is 11.9. The molecule has 1 N–H and O–H groups in total. The van der Waals surface area contributed by atoms with Crippen LogP contribution in [0.1, 0.15) is 18.9 Å². The summed E-state index contributed by atoms with van der Waals surface area (Å²) in [6, 6.07) is 3.35. The van der Waals surface area contributed by atoms with Gasteiger partial charge >= 0.3 is 5.97 Å². The van der Waals surface area contributed by atoms with E-state index in [0.717, 1.165) is 5.56 Å². The quantitative estimate of drug-likeness (QED) is 0.619. The summed E-state index contributed by atoms with van der Waals surface area (Å²) in [5, 5.41) is 3.15. The summed E-state index contributed by atoms with van der Waals surface area (Å²) in [5.74, 6) is -1.17. The lowest BCUT2D eigenvalue weighted by Crippen LogP contribution is -2.27. The van der Waals surface area contributed by atoms with E-state index in [9.17, 15) is 9.59 Å². The SMILES string of the molecule is Cc1ccc(Cl)c(NC(=O)COC(=O)[C@]2(C)CC2(Cl)Cl)c1Cl. The molecule has 1 aromatic rings. The van der Waals surface area contributed by atoms with E-state index in [-0.39, 0.29) is 5.69 Å². The molecule has 0 aromatic heterocycles. The normalized spacial score (nSPS) is 22.1. The number of benzene rings is 1. The summed E-state index contributed by atoms with van der Waals surface area (Å²) in [6.07, 6.45) is 0.291. The molecule has 120 valence electrons. The van der Waals surface area contributed by atoms with Crippen LogP contribution in [0.3, 0.4) is 0 Å². The first-order valence-electron chi connectivity index (χ1n) is 6.38. The Bertz CT molecular complexity index is 647. The minimum absolute atomic E-state index is 0.283. The van der Waals surface area contributed by atoms with Gasteiger partial charge in [-0.1, -0.05) is 29.3 Å². The van der Waals surface area contributed by atoms with E-state index in [1.807, 2.05) is 0 Å². The molecule has 1 aliphatic carbocycles. The van der Waals surface area contributed by atoms with Crippen molar-refractivity contribution in [1.29, 1.82) is 0 Å². The second-order valence-corrected chi connectivity index (χ2v) is 7.66. The molecule has 1 aliphatic rings. The van der Waals surface area contributed by atoms with Crippen LogP contribution in [0.2, 0.25) is 10.0 Å². The lowest BCUT2D eigenvalue weighted by molar-refractivity contribution is -0.152. The number of esters is 1. The third-order valence-corrected chi connectivity index (χ3v) is 5.49. The number of rotatable bonds is 4. The molecule has 1 amide bonds.